The average molecular weight is 398 g/mol. The smallest absolute Gasteiger partial charge is 0.303 e. The van der Waals surface area contributed by atoms with E-state index in [4.69, 9.17) is 15.3 Å². The molecule has 4 atom stereocenters. The van der Waals surface area contributed by atoms with Crippen molar-refractivity contribution in [3.05, 3.63) is 57.3 Å². The molecule has 0 bridgehead atoms. The Labute approximate surface area is 164 Å². The zero-order chi connectivity index (χ0) is 20.8. The summed E-state index contributed by atoms with van der Waals surface area (Å²) in [7, 11) is 0. The maximum absolute atomic E-state index is 13.3. The van der Waals surface area contributed by atoms with Crippen LogP contribution in [0.25, 0.3) is 5.76 Å². The molecule has 0 saturated carbocycles. The lowest BCUT2D eigenvalue weighted by molar-refractivity contribution is -0.616. The molecule has 5 rings (SSSR count). The maximum Gasteiger partial charge on any atom is 0.303 e. The molecular formula is C20H18N2O7. The average Bonchev–Trinajstić information content (AvgIpc) is 3.25. The topological polar surface area (TPSA) is 162 Å². The van der Waals surface area contributed by atoms with E-state index in [1.165, 1.54) is 25.1 Å². The Morgan fingerprint density at radius 1 is 1.34 bits per heavy atom. The van der Waals surface area contributed by atoms with Crippen molar-refractivity contribution in [3.8, 4) is 5.75 Å². The van der Waals surface area contributed by atoms with Crippen LogP contribution in [-0.4, -0.2) is 45.9 Å². The predicted octanol–water partition coefficient (Wildman–Crippen LogP) is -1.87. The third-order valence-electron chi connectivity index (χ3n) is 6.04. The fourth-order valence-electron chi connectivity index (χ4n) is 4.75. The molecule has 3 aliphatic carbocycles. The number of fused-ring (bicyclic) bond motifs is 4. The number of aromatic hydroxyl groups is 1. The van der Waals surface area contributed by atoms with Gasteiger partial charge < -0.3 is 24.8 Å². The summed E-state index contributed by atoms with van der Waals surface area (Å²) in [6, 6.07) is 4.24. The van der Waals surface area contributed by atoms with Gasteiger partial charge in [0.05, 0.1) is 16.7 Å². The van der Waals surface area contributed by atoms with Gasteiger partial charge in [0.2, 0.25) is 5.78 Å². The van der Waals surface area contributed by atoms with E-state index in [-0.39, 0.29) is 39.3 Å². The third-order valence-corrected chi connectivity index (χ3v) is 6.04. The van der Waals surface area contributed by atoms with E-state index in [2.05, 4.69) is 0 Å². The van der Waals surface area contributed by atoms with Crippen LogP contribution in [0, 0.1) is 0 Å². The number of hydrogen-bond acceptors (Lipinski definition) is 8. The van der Waals surface area contributed by atoms with Crippen molar-refractivity contribution in [2.45, 2.75) is 37.8 Å². The minimum Gasteiger partial charge on any atom is -0.872 e. The molecule has 1 fully saturated rings. The van der Waals surface area contributed by atoms with Crippen LogP contribution >= 0.6 is 0 Å². The number of hydrogen-bond donors (Lipinski definition) is 4. The monoisotopic (exact) mass is 398 g/mol. The number of epoxide rings is 1. The molecule has 9 heteroatoms. The minimum absolute atomic E-state index is 0.00222. The van der Waals surface area contributed by atoms with Crippen molar-refractivity contribution in [2.24, 2.45) is 5.84 Å². The molecule has 29 heavy (non-hydrogen) atoms. The van der Waals surface area contributed by atoms with Crippen molar-refractivity contribution in [1.82, 2.24) is 0 Å². The van der Waals surface area contributed by atoms with Gasteiger partial charge in [-0.2, -0.15) is 5.84 Å². The fourth-order valence-corrected chi connectivity index (χ4v) is 4.75. The Morgan fingerprint density at radius 3 is 2.72 bits per heavy atom. The van der Waals surface area contributed by atoms with Gasteiger partial charge in [0.25, 0.3) is 0 Å². The summed E-state index contributed by atoms with van der Waals surface area (Å²) in [5, 5.41) is 34.4. The lowest BCUT2D eigenvalue weighted by atomic mass is 9.78. The zero-order valence-corrected chi connectivity index (χ0v) is 15.6. The lowest BCUT2D eigenvalue weighted by Gasteiger charge is -2.32. The van der Waals surface area contributed by atoms with E-state index >= 15 is 0 Å². The van der Waals surface area contributed by atoms with Crippen LogP contribution < -0.4 is 16.4 Å². The van der Waals surface area contributed by atoms with Crippen LogP contribution in [0.4, 0.5) is 0 Å². The highest BCUT2D eigenvalue weighted by Crippen LogP contribution is 2.58. The summed E-state index contributed by atoms with van der Waals surface area (Å²) < 4.78 is 11.1. The lowest BCUT2D eigenvalue weighted by Crippen LogP contribution is -2.90. The Balaban J connectivity index is 1.83. The van der Waals surface area contributed by atoms with Gasteiger partial charge in [0.15, 0.2) is 11.8 Å². The van der Waals surface area contributed by atoms with Gasteiger partial charge in [-0.25, -0.2) is 5.43 Å². The van der Waals surface area contributed by atoms with Crippen molar-refractivity contribution in [3.63, 3.8) is 0 Å². The number of ketones is 1. The molecule has 0 aromatic heterocycles. The van der Waals surface area contributed by atoms with Crippen molar-refractivity contribution in [1.29, 1.82) is 0 Å². The Hall–Kier alpha value is -2.98. The molecule has 1 aromatic rings. The SMILES string of the molecule is CC(=O)O[C@@H]1C2=C(C3=C([O-])c4cccc(O)c4C(=O)C3=C2[NH2+]N)[C@H](O)[C@@H]2O[C@@]12C. The molecule has 0 unspecified atom stereocenters. The standard InChI is InChI=1S/C20H18N2O7/c1-6(23)28-18-13-11(17(27)19-20(18,2)29-19)10-12(14(13)22-21)16(26)9-7(15(10)25)4-3-5-8(9)24/h3-5,17-19,22,24-25,27H,21H2,1-2H3/t17-,18+,19-,20-/m0/s1. The molecule has 6 N–H and O–H groups in total. The second-order valence-electron chi connectivity index (χ2n) is 7.67. The number of phenolic OH excluding ortho intramolecular Hbond substituents is 1. The van der Waals surface area contributed by atoms with Gasteiger partial charge in [-0.15, -0.1) is 0 Å². The molecule has 0 spiro atoms. The van der Waals surface area contributed by atoms with E-state index in [1.807, 2.05) is 0 Å². The second kappa shape index (κ2) is 5.55. The van der Waals surface area contributed by atoms with Crippen LogP contribution in [0.1, 0.15) is 29.8 Å². The number of carbonyl (C=O) groups is 2. The summed E-state index contributed by atoms with van der Waals surface area (Å²) in [5.41, 5.74) is 0.793. The van der Waals surface area contributed by atoms with Crippen LogP contribution in [0.5, 0.6) is 5.75 Å². The number of aliphatic hydroxyl groups excluding tert-OH is 1. The summed E-state index contributed by atoms with van der Waals surface area (Å²) >= 11 is 0. The number of allylic oxidation sites excluding steroid dienone is 1. The molecule has 0 radical (unpaired) electrons. The number of benzene rings is 1. The van der Waals surface area contributed by atoms with E-state index in [9.17, 15) is 24.9 Å². The van der Waals surface area contributed by atoms with Gasteiger partial charge in [0, 0.05) is 12.5 Å². The van der Waals surface area contributed by atoms with Crippen molar-refractivity contribution >= 4 is 17.5 Å². The first-order valence-electron chi connectivity index (χ1n) is 9.08. The fraction of sp³-hybridized carbons (Fsp3) is 0.300. The van der Waals surface area contributed by atoms with Crippen molar-refractivity contribution < 1.29 is 39.8 Å². The molecular weight excluding hydrogens is 380 g/mol. The zero-order valence-electron chi connectivity index (χ0n) is 15.6. The van der Waals surface area contributed by atoms with Crippen molar-refractivity contribution in [2.75, 3.05) is 0 Å². The van der Waals surface area contributed by atoms with Gasteiger partial charge in [-0.05, 0) is 24.1 Å². The van der Waals surface area contributed by atoms with E-state index < -0.39 is 41.4 Å². The summed E-state index contributed by atoms with van der Waals surface area (Å²) in [4.78, 5) is 25.0. The van der Waals surface area contributed by atoms with Gasteiger partial charge in [-0.1, -0.05) is 17.9 Å². The number of rotatable bonds is 2. The highest BCUT2D eigenvalue weighted by molar-refractivity contribution is 6.21. The number of quaternary nitrogens is 1. The largest absolute Gasteiger partial charge is 0.872 e. The number of carbonyl (C=O) groups excluding carboxylic acids is 2. The molecule has 4 aliphatic rings. The normalized spacial score (nSPS) is 32.0. The first-order valence-corrected chi connectivity index (χ1v) is 9.08. The molecule has 1 aliphatic heterocycles. The first-order chi connectivity index (χ1) is 13.7. The summed E-state index contributed by atoms with van der Waals surface area (Å²) in [6.45, 7) is 2.93. The van der Waals surface area contributed by atoms with Crippen LogP contribution in [0.3, 0.4) is 0 Å². The number of nitrogens with two attached hydrogens (primary N) is 2. The molecule has 0 amide bonds. The molecule has 1 heterocycles. The van der Waals surface area contributed by atoms with Gasteiger partial charge in [0.1, 0.15) is 23.6 Å². The first kappa shape index (κ1) is 18.1. The highest BCUT2D eigenvalue weighted by Gasteiger charge is 2.70. The maximum atomic E-state index is 13.3. The van der Waals surface area contributed by atoms with E-state index in [0.717, 1.165) is 5.43 Å². The molecule has 1 aromatic carbocycles. The predicted molar refractivity (Wildman–Crippen MR) is 94.4 cm³/mol. The number of Topliss-reactive ketones (excluding diaryl/α,β-unsaturated/α-hetero) is 1. The summed E-state index contributed by atoms with van der Waals surface area (Å²) in [6.07, 6.45) is -2.83. The highest BCUT2D eigenvalue weighted by atomic mass is 16.7. The second-order valence-corrected chi connectivity index (χ2v) is 7.67. The third kappa shape index (κ3) is 2.07. The van der Waals surface area contributed by atoms with Crippen LogP contribution in [0.2, 0.25) is 0 Å². The number of aliphatic hydroxyl groups is 1. The van der Waals surface area contributed by atoms with E-state index in [0.29, 0.717) is 5.57 Å². The Morgan fingerprint density at radius 2 is 2.07 bits per heavy atom. The number of esters is 1. The van der Waals surface area contributed by atoms with Crippen LogP contribution in [-0.2, 0) is 14.3 Å². The number of phenols is 1. The molecule has 9 nitrogen and oxygen atoms in total. The number of ether oxygens (including phenoxy) is 2. The van der Waals surface area contributed by atoms with Crippen LogP contribution in [0.15, 0.2) is 46.2 Å². The van der Waals surface area contributed by atoms with Gasteiger partial charge in [-0.3, -0.25) is 9.59 Å². The Kier molecular flexibility index (Phi) is 3.46. The quantitative estimate of drug-likeness (QED) is 0.195. The minimum atomic E-state index is -1.19. The van der Waals surface area contributed by atoms with Gasteiger partial charge >= 0.3 is 5.97 Å². The molecule has 150 valence electrons. The summed E-state index contributed by atoms with van der Waals surface area (Å²) in [5.74, 6) is 3.85. The Bertz CT molecular complexity index is 1120. The molecule has 1 saturated heterocycles. The van der Waals surface area contributed by atoms with E-state index in [1.54, 1.807) is 6.92 Å².